The second kappa shape index (κ2) is 18.3. The Morgan fingerprint density at radius 3 is 2.35 bits per heavy atom. The zero-order chi connectivity index (χ0) is 47.5. The topological polar surface area (TPSA) is 130 Å². The van der Waals surface area contributed by atoms with Gasteiger partial charge in [-0.2, -0.15) is 0 Å². The molecule has 5 aromatic carbocycles. The number of Topliss-reactive ketones (excluding diaryl/α,β-unsaturated/α-hetero) is 1. The van der Waals surface area contributed by atoms with Gasteiger partial charge < -0.3 is 24.8 Å². The molecule has 1 aromatic heterocycles. The zero-order valence-corrected chi connectivity index (χ0v) is 40.0. The number of carbonyl (C=O) groups is 4. The molecule has 5 aliphatic rings. The molecule has 0 atom stereocenters. The highest BCUT2D eigenvalue weighted by molar-refractivity contribution is 6.30. The minimum absolute atomic E-state index is 0.0620. The molecule has 6 heterocycles. The Morgan fingerprint density at radius 1 is 0.797 bits per heavy atom. The van der Waals surface area contributed by atoms with Crippen LogP contribution in [0.5, 0.6) is 17.2 Å². The maximum Gasteiger partial charge on any atom is 0.336 e. The predicted molar refractivity (Wildman–Crippen MR) is 268 cm³/mol. The van der Waals surface area contributed by atoms with E-state index in [1.807, 2.05) is 25.1 Å². The standard InChI is InChI=1S/C57H55ClN4O7/c1-33-44(45-32-40(68-2)20-22-49(45)62(33)56(65)34-15-18-38(58)19-16-34)31-39(63)12-4-3-5-23-59-55(64)37-17-21-41(57(66)67)46(30-37)50-47-28-35-10-6-24-60-26-8-13-42(51(35)60)53(47)69-54-43-14-9-27-61-25-7-11-36(52(43)61)29-48(50)54/h15-22,28-30,32H,3-14,23-27,31H2,1-2H3,(H-,59,64,66,67)/p+1. The van der Waals surface area contributed by atoms with Gasteiger partial charge in [0.25, 0.3) is 11.8 Å². The van der Waals surface area contributed by atoms with E-state index < -0.39 is 5.97 Å². The van der Waals surface area contributed by atoms with Gasteiger partial charge in [0.05, 0.1) is 23.8 Å². The van der Waals surface area contributed by atoms with Crippen LogP contribution < -0.4 is 34.8 Å². The number of anilines is 1. The smallest absolute Gasteiger partial charge is 0.336 e. The number of methoxy groups -OCH3 is 1. The number of benzene rings is 5. The average molecular weight is 945 g/mol. The summed E-state index contributed by atoms with van der Waals surface area (Å²) in [6.07, 6.45) is 10.4. The van der Waals surface area contributed by atoms with Crippen LogP contribution in [-0.2, 0) is 36.9 Å². The largest absolute Gasteiger partial charge is 0.497 e. The maximum atomic E-state index is 14.0. The van der Waals surface area contributed by atoms with Crippen LogP contribution in [0.3, 0.4) is 0 Å². The van der Waals surface area contributed by atoms with Crippen molar-refractivity contribution in [3.63, 3.8) is 0 Å². The van der Waals surface area contributed by atoms with Gasteiger partial charge in [-0.25, -0.2) is 9.37 Å². The number of ether oxygens (including phenoxy) is 2. The van der Waals surface area contributed by atoms with Gasteiger partial charge in [0, 0.05) is 106 Å². The molecule has 0 aliphatic carbocycles. The van der Waals surface area contributed by atoms with E-state index in [9.17, 15) is 24.3 Å². The molecule has 0 unspecified atom stereocenters. The lowest BCUT2D eigenvalue weighted by Crippen LogP contribution is -2.45. The number of aromatic nitrogens is 1. The minimum atomic E-state index is -1.04. The second-order valence-corrected chi connectivity index (χ2v) is 19.7. The number of ketones is 1. The third-order valence-corrected chi connectivity index (χ3v) is 15.3. The highest BCUT2D eigenvalue weighted by Gasteiger charge is 2.37. The van der Waals surface area contributed by atoms with E-state index in [0.29, 0.717) is 64.5 Å². The number of nitrogens with one attached hydrogen (secondary N) is 1. The number of halogens is 1. The van der Waals surface area contributed by atoms with E-state index in [0.717, 1.165) is 123 Å². The third-order valence-electron chi connectivity index (χ3n) is 15.1. The Morgan fingerprint density at radius 2 is 1.55 bits per heavy atom. The molecule has 2 N–H and O–H groups in total. The second-order valence-electron chi connectivity index (χ2n) is 19.3. The summed E-state index contributed by atoms with van der Waals surface area (Å²) >= 11 is 6.11. The number of carboxylic acid groups (broad SMARTS) is 1. The van der Waals surface area contributed by atoms with Crippen molar-refractivity contribution < 1.29 is 33.8 Å². The molecule has 69 heavy (non-hydrogen) atoms. The number of hydrogen-bond acceptors (Lipinski definition) is 7. The molecule has 1 amide bonds. The van der Waals surface area contributed by atoms with Gasteiger partial charge in [-0.05, 0) is 148 Å². The highest BCUT2D eigenvalue weighted by atomic mass is 35.5. The van der Waals surface area contributed by atoms with Gasteiger partial charge in [-0.15, -0.1) is 0 Å². The Kier molecular flexibility index (Phi) is 11.9. The number of aromatic carboxylic acids is 1. The summed E-state index contributed by atoms with van der Waals surface area (Å²) in [6.45, 7) is 6.37. The summed E-state index contributed by atoms with van der Waals surface area (Å²) < 4.78 is 16.9. The van der Waals surface area contributed by atoms with Crippen molar-refractivity contribution in [2.45, 2.75) is 90.4 Å². The number of unbranched alkanes of at least 4 members (excludes halogenated alkanes) is 2. The summed E-state index contributed by atoms with van der Waals surface area (Å²) in [5, 5.41) is 17.4. The number of carbonyl (C=O) groups excluding carboxylic acids is 3. The lowest BCUT2D eigenvalue weighted by atomic mass is 9.81. The predicted octanol–water partition coefficient (Wildman–Crippen LogP) is 8.54. The Labute approximate surface area is 406 Å². The van der Waals surface area contributed by atoms with Crippen molar-refractivity contribution in [3.05, 3.63) is 150 Å². The van der Waals surface area contributed by atoms with E-state index in [1.54, 1.807) is 54.1 Å². The molecule has 11 nitrogen and oxygen atoms in total. The van der Waals surface area contributed by atoms with Crippen LogP contribution in [0.1, 0.15) is 127 Å². The number of carboxylic acids is 1. The summed E-state index contributed by atoms with van der Waals surface area (Å²) in [7, 11) is 1.59. The Hall–Kier alpha value is -6.72. The summed E-state index contributed by atoms with van der Waals surface area (Å²) in [5.74, 6) is 0.847. The fourth-order valence-electron chi connectivity index (χ4n) is 11.9. The summed E-state index contributed by atoms with van der Waals surface area (Å²) in [5.41, 5.74) is 11.8. The fraction of sp³-hybridized carbons (Fsp3) is 0.351. The van der Waals surface area contributed by atoms with Crippen LogP contribution in [-0.4, -0.2) is 73.1 Å². The molecule has 0 saturated heterocycles. The van der Waals surface area contributed by atoms with Gasteiger partial charge in [-0.1, -0.05) is 18.0 Å². The molecule has 12 heteroatoms. The SMILES string of the molecule is COc1ccc2c(c1)c(CC(=O)CCCCCNC(=O)c1ccc(C(=O)O)c(C3=c4cc5c6c(c4Oc4c3cc3c7c4CCCN7CCC3)CCC[N+]=6CCC5)c1)c(C)n2C(=O)c1ccc(Cl)cc1. The first-order chi connectivity index (χ1) is 33.6. The van der Waals surface area contributed by atoms with Crippen LogP contribution in [0, 0.1) is 6.92 Å². The normalized spacial score (nSPS) is 15.4. The molecule has 11 rings (SSSR count). The minimum Gasteiger partial charge on any atom is -0.497 e. The van der Waals surface area contributed by atoms with Crippen molar-refractivity contribution in [1.29, 1.82) is 0 Å². The molecule has 0 spiro atoms. The van der Waals surface area contributed by atoms with Gasteiger partial charge in [0.15, 0.2) is 0 Å². The first-order valence-electron chi connectivity index (χ1n) is 24.7. The Balaban J connectivity index is 0.832. The van der Waals surface area contributed by atoms with E-state index in [1.165, 1.54) is 33.3 Å². The number of amides is 1. The first-order valence-corrected chi connectivity index (χ1v) is 25.0. The molecule has 0 radical (unpaired) electrons. The molecular formula is C57H56ClN4O7+. The number of nitrogens with zero attached hydrogens (tertiary/aromatic N) is 3. The van der Waals surface area contributed by atoms with Crippen LogP contribution in [0.2, 0.25) is 5.02 Å². The van der Waals surface area contributed by atoms with Crippen LogP contribution in [0.4, 0.5) is 5.69 Å². The van der Waals surface area contributed by atoms with Crippen molar-refractivity contribution in [2.24, 2.45) is 0 Å². The van der Waals surface area contributed by atoms with Gasteiger partial charge in [-0.3, -0.25) is 19.0 Å². The molecule has 0 fully saturated rings. The number of fused-ring (bicyclic) bond motifs is 5. The summed E-state index contributed by atoms with van der Waals surface area (Å²) in [6, 6.07) is 21.8. The van der Waals surface area contributed by atoms with Crippen molar-refractivity contribution in [3.8, 4) is 17.2 Å². The Bertz CT molecular complexity index is 3290. The molecule has 5 aliphatic heterocycles. The van der Waals surface area contributed by atoms with Crippen LogP contribution >= 0.6 is 11.6 Å². The maximum absolute atomic E-state index is 14.0. The monoisotopic (exact) mass is 943 g/mol. The lowest BCUT2D eigenvalue weighted by molar-refractivity contribution is -0.118. The van der Waals surface area contributed by atoms with Crippen LogP contribution in [0.25, 0.3) is 16.5 Å². The lowest BCUT2D eigenvalue weighted by Gasteiger charge is -2.39. The molecule has 0 saturated carbocycles. The first kappa shape index (κ1) is 44.8. The van der Waals surface area contributed by atoms with Gasteiger partial charge >= 0.3 is 5.97 Å². The molecule has 352 valence electrons. The van der Waals surface area contributed by atoms with E-state index >= 15 is 0 Å². The number of rotatable bonds is 13. The third kappa shape index (κ3) is 7.98. The fourth-order valence-corrected chi connectivity index (χ4v) is 12.0. The average Bonchev–Trinajstić information content (AvgIpc) is 3.63. The molecular weight excluding hydrogens is 888 g/mol. The molecule has 0 bridgehead atoms. The molecule has 6 aromatic rings. The van der Waals surface area contributed by atoms with Crippen molar-refractivity contribution in [2.75, 3.05) is 44.7 Å². The number of aryl methyl sites for hydroxylation is 2. The zero-order valence-electron chi connectivity index (χ0n) is 39.3. The van der Waals surface area contributed by atoms with E-state index in [4.69, 9.17) is 21.1 Å². The van der Waals surface area contributed by atoms with Crippen molar-refractivity contribution in [1.82, 2.24) is 14.5 Å². The van der Waals surface area contributed by atoms with Crippen LogP contribution in [0.15, 0.2) is 72.8 Å². The highest BCUT2D eigenvalue weighted by Crippen LogP contribution is 2.49. The summed E-state index contributed by atoms with van der Waals surface area (Å²) in [4.78, 5) is 57.0. The van der Waals surface area contributed by atoms with E-state index in [-0.39, 0.29) is 29.6 Å². The van der Waals surface area contributed by atoms with E-state index in [2.05, 4.69) is 26.9 Å². The number of hydrogen-bond donors (Lipinski definition) is 2. The quantitative estimate of drug-likeness (QED) is 0.0870. The van der Waals surface area contributed by atoms with Crippen molar-refractivity contribution >= 4 is 57.3 Å². The van der Waals surface area contributed by atoms with Gasteiger partial charge in [0.1, 0.15) is 36.1 Å². The van der Waals surface area contributed by atoms with Gasteiger partial charge in [0.2, 0.25) is 5.36 Å².